The predicted molar refractivity (Wildman–Crippen MR) is 120 cm³/mol. The Morgan fingerprint density at radius 1 is 0.900 bits per heavy atom. The van der Waals surface area contributed by atoms with Crippen LogP contribution >= 0.6 is 0 Å². The van der Waals surface area contributed by atoms with Crippen LogP contribution in [0.15, 0.2) is 60.7 Å². The molecule has 0 aliphatic carbocycles. The quantitative estimate of drug-likeness (QED) is 0.490. The van der Waals surface area contributed by atoms with E-state index in [1.807, 2.05) is 55.5 Å². The van der Waals surface area contributed by atoms with Gasteiger partial charge in [0.05, 0.1) is 21.3 Å². The fraction of sp³-hybridized carbons (Fsp3) is 0.240. The van der Waals surface area contributed by atoms with E-state index in [0.717, 1.165) is 28.7 Å². The first kappa shape index (κ1) is 21.2. The van der Waals surface area contributed by atoms with E-state index < -0.39 is 0 Å². The van der Waals surface area contributed by atoms with Crippen molar-refractivity contribution in [2.75, 3.05) is 26.6 Å². The highest BCUT2D eigenvalue weighted by Gasteiger charge is 2.22. The zero-order valence-electron chi connectivity index (χ0n) is 17.8. The van der Waals surface area contributed by atoms with Crippen molar-refractivity contribution in [1.82, 2.24) is 0 Å². The third-order valence-corrected chi connectivity index (χ3v) is 5.08. The average molecular weight is 405 g/mol. The molecule has 156 valence electrons. The van der Waals surface area contributed by atoms with Gasteiger partial charge < -0.3 is 24.3 Å². The average Bonchev–Trinajstić information content (AvgIpc) is 2.81. The van der Waals surface area contributed by atoms with Gasteiger partial charge in [-0.1, -0.05) is 43.3 Å². The minimum atomic E-state index is -0.305. The summed E-state index contributed by atoms with van der Waals surface area (Å²) in [6.45, 7) is 2.57. The van der Waals surface area contributed by atoms with Crippen molar-refractivity contribution >= 4 is 12.0 Å². The third-order valence-electron chi connectivity index (χ3n) is 5.08. The molecule has 1 unspecified atom stereocenters. The maximum atomic E-state index is 11.6. The van der Waals surface area contributed by atoms with Crippen LogP contribution in [0.2, 0.25) is 0 Å². The maximum Gasteiger partial charge on any atom is 0.168 e. The molecule has 0 aromatic heterocycles. The lowest BCUT2D eigenvalue weighted by atomic mass is 9.90. The number of hydrogen-bond acceptors (Lipinski definition) is 5. The summed E-state index contributed by atoms with van der Waals surface area (Å²) in [5.74, 6) is 1.55. The Morgan fingerprint density at radius 3 is 2.27 bits per heavy atom. The topological polar surface area (TPSA) is 56.8 Å². The number of carbonyl (C=O) groups excluding carboxylic acids is 1. The fourth-order valence-corrected chi connectivity index (χ4v) is 3.48. The first-order valence-corrected chi connectivity index (χ1v) is 9.79. The Balaban J connectivity index is 2.05. The summed E-state index contributed by atoms with van der Waals surface area (Å²) in [6.07, 6.45) is 0.924. The van der Waals surface area contributed by atoms with Gasteiger partial charge in [-0.3, -0.25) is 0 Å². The van der Waals surface area contributed by atoms with E-state index in [4.69, 9.17) is 14.2 Å². The van der Waals surface area contributed by atoms with Gasteiger partial charge in [0.1, 0.15) is 12.0 Å². The Labute approximate surface area is 177 Å². The molecule has 0 bridgehead atoms. The van der Waals surface area contributed by atoms with Crippen molar-refractivity contribution in [2.45, 2.75) is 19.4 Å². The van der Waals surface area contributed by atoms with Gasteiger partial charge in [0.2, 0.25) is 0 Å². The van der Waals surface area contributed by atoms with Crippen LogP contribution in [0.5, 0.6) is 17.2 Å². The van der Waals surface area contributed by atoms with Gasteiger partial charge in [0, 0.05) is 35.3 Å². The van der Waals surface area contributed by atoms with E-state index in [-0.39, 0.29) is 5.92 Å². The largest absolute Gasteiger partial charge is 0.496 e. The number of carbonyl (C=O) groups is 1. The van der Waals surface area contributed by atoms with Crippen LogP contribution in [0.1, 0.15) is 24.0 Å². The molecule has 0 radical (unpaired) electrons. The maximum absolute atomic E-state index is 11.6. The molecule has 3 rings (SSSR count). The smallest absolute Gasteiger partial charge is 0.168 e. The molecule has 30 heavy (non-hydrogen) atoms. The van der Waals surface area contributed by atoms with E-state index in [2.05, 4.69) is 17.4 Å². The molecule has 0 saturated carbocycles. The van der Waals surface area contributed by atoms with Gasteiger partial charge in [-0.2, -0.15) is 0 Å². The van der Waals surface area contributed by atoms with Crippen molar-refractivity contribution in [2.24, 2.45) is 0 Å². The lowest BCUT2D eigenvalue weighted by molar-refractivity contribution is -0.108. The Morgan fingerprint density at radius 2 is 1.63 bits per heavy atom. The van der Waals surface area contributed by atoms with Crippen LogP contribution in [0, 0.1) is 0 Å². The Hall–Kier alpha value is -3.47. The predicted octanol–water partition coefficient (Wildman–Crippen LogP) is 5.29. The molecule has 0 heterocycles. The van der Waals surface area contributed by atoms with Crippen molar-refractivity contribution in [3.63, 3.8) is 0 Å². The second kappa shape index (κ2) is 9.83. The van der Waals surface area contributed by atoms with Gasteiger partial charge in [0.15, 0.2) is 11.5 Å². The normalized spacial score (nSPS) is 11.5. The third kappa shape index (κ3) is 4.40. The minimum Gasteiger partial charge on any atom is -0.496 e. The summed E-state index contributed by atoms with van der Waals surface area (Å²) in [5.41, 5.74) is 4.61. The second-order valence-electron chi connectivity index (χ2n) is 6.94. The first-order valence-electron chi connectivity index (χ1n) is 9.79. The van der Waals surface area contributed by atoms with Crippen LogP contribution < -0.4 is 19.5 Å². The van der Waals surface area contributed by atoms with Crippen LogP contribution in [-0.4, -0.2) is 27.6 Å². The first-order chi connectivity index (χ1) is 14.6. The molecule has 0 amide bonds. The SMILES string of the molecule is COc1cc(NCc2ccccc2)ccc1-c1c(C(C)C=O)ccc(OC)c1OC. The zero-order chi connectivity index (χ0) is 21.5. The number of anilines is 1. The molecule has 1 atom stereocenters. The lowest BCUT2D eigenvalue weighted by Crippen LogP contribution is -2.04. The summed E-state index contributed by atoms with van der Waals surface area (Å²) < 4.78 is 16.9. The monoisotopic (exact) mass is 405 g/mol. The zero-order valence-corrected chi connectivity index (χ0v) is 17.8. The fourth-order valence-electron chi connectivity index (χ4n) is 3.48. The molecule has 0 spiro atoms. The molecular weight excluding hydrogens is 378 g/mol. The van der Waals surface area contributed by atoms with Crippen molar-refractivity contribution in [1.29, 1.82) is 0 Å². The molecule has 1 N–H and O–H groups in total. The number of ether oxygens (including phenoxy) is 3. The number of aldehydes is 1. The molecule has 0 aliphatic heterocycles. The van der Waals surface area contributed by atoms with Crippen LogP contribution in [0.25, 0.3) is 11.1 Å². The van der Waals surface area contributed by atoms with Gasteiger partial charge in [-0.15, -0.1) is 0 Å². The Kier molecular flexibility index (Phi) is 6.96. The van der Waals surface area contributed by atoms with Gasteiger partial charge in [-0.05, 0) is 29.3 Å². The van der Waals surface area contributed by atoms with E-state index in [1.165, 1.54) is 5.56 Å². The molecule has 5 nitrogen and oxygen atoms in total. The number of rotatable bonds is 9. The van der Waals surface area contributed by atoms with E-state index >= 15 is 0 Å². The lowest BCUT2D eigenvalue weighted by Gasteiger charge is -2.21. The molecule has 0 fully saturated rings. The van der Waals surface area contributed by atoms with Gasteiger partial charge >= 0.3 is 0 Å². The molecule has 3 aromatic rings. The summed E-state index contributed by atoms with van der Waals surface area (Å²) in [7, 11) is 4.83. The van der Waals surface area contributed by atoms with Crippen LogP contribution in [0.3, 0.4) is 0 Å². The number of methoxy groups -OCH3 is 3. The van der Waals surface area contributed by atoms with Gasteiger partial charge in [0.25, 0.3) is 0 Å². The number of benzene rings is 3. The summed E-state index contributed by atoms with van der Waals surface area (Å²) in [5, 5.41) is 3.42. The highest BCUT2D eigenvalue weighted by molar-refractivity contribution is 5.85. The Bertz CT molecular complexity index is 1000. The van der Waals surface area contributed by atoms with Gasteiger partial charge in [-0.25, -0.2) is 0 Å². The van der Waals surface area contributed by atoms with E-state index in [9.17, 15) is 4.79 Å². The standard InChI is InChI=1S/C25H27NO4/c1-17(16-27)20-12-13-22(28-2)25(30-4)24(20)21-11-10-19(14-23(21)29-3)26-15-18-8-6-5-7-9-18/h5-14,16-17,26H,15H2,1-4H3. The highest BCUT2D eigenvalue weighted by Crippen LogP contribution is 2.46. The minimum absolute atomic E-state index is 0.305. The molecular formula is C25H27NO4. The highest BCUT2D eigenvalue weighted by atomic mass is 16.5. The molecule has 0 saturated heterocycles. The number of hydrogen-bond donors (Lipinski definition) is 1. The van der Waals surface area contributed by atoms with E-state index in [1.54, 1.807) is 21.3 Å². The summed E-state index contributed by atoms with van der Waals surface area (Å²) in [6, 6.07) is 19.8. The molecule has 3 aromatic carbocycles. The second-order valence-corrected chi connectivity index (χ2v) is 6.94. The number of nitrogens with one attached hydrogen (secondary N) is 1. The van der Waals surface area contributed by atoms with Crippen molar-refractivity contribution in [3.8, 4) is 28.4 Å². The summed E-state index contributed by atoms with van der Waals surface area (Å²) >= 11 is 0. The molecule has 0 aliphatic rings. The van der Waals surface area contributed by atoms with Crippen LogP contribution in [-0.2, 0) is 11.3 Å². The molecule has 5 heteroatoms. The van der Waals surface area contributed by atoms with Crippen molar-refractivity contribution < 1.29 is 19.0 Å². The van der Waals surface area contributed by atoms with E-state index in [0.29, 0.717) is 23.8 Å². The summed E-state index contributed by atoms with van der Waals surface area (Å²) in [4.78, 5) is 11.6. The van der Waals surface area contributed by atoms with Crippen molar-refractivity contribution in [3.05, 3.63) is 71.8 Å². The van der Waals surface area contributed by atoms with Crippen LogP contribution in [0.4, 0.5) is 5.69 Å².